The summed E-state index contributed by atoms with van der Waals surface area (Å²) in [5, 5.41) is 9.65. The Labute approximate surface area is 122 Å². The van der Waals surface area contributed by atoms with Crippen LogP contribution in [0.1, 0.15) is 24.8 Å². The topological polar surface area (TPSA) is 46.5 Å². The summed E-state index contributed by atoms with van der Waals surface area (Å²) in [7, 11) is 0. The first-order valence-corrected chi connectivity index (χ1v) is 7.12. The Kier molecular flexibility index (Phi) is 4.71. The molecule has 0 amide bonds. The maximum atomic E-state index is 11.8. The molecule has 1 aromatic carbocycles. The molecule has 0 heterocycles. The Bertz CT molecular complexity index is 438. The van der Waals surface area contributed by atoms with Crippen LogP contribution in [-0.4, -0.2) is 27.6 Å². The zero-order valence-electron chi connectivity index (χ0n) is 10.4. The molecule has 0 radical (unpaired) electrons. The van der Waals surface area contributed by atoms with Crippen LogP contribution in [0.15, 0.2) is 30.3 Å². The second-order valence-electron chi connectivity index (χ2n) is 4.86. The molecule has 0 aromatic heterocycles. The molecule has 1 fully saturated rings. The van der Waals surface area contributed by atoms with Gasteiger partial charge >= 0.3 is 5.97 Å². The standard InChI is InChI=1S/C14H16Cl2O3/c15-11-6-7-14(18,9-12(11)16)19-13(17)8-10-4-2-1-3-5-10/h1-5,11-12,18H,6-9H2. The van der Waals surface area contributed by atoms with Crippen molar-refractivity contribution in [3.63, 3.8) is 0 Å². The number of benzene rings is 1. The third kappa shape index (κ3) is 4.10. The van der Waals surface area contributed by atoms with E-state index in [0.717, 1.165) is 5.56 Å². The van der Waals surface area contributed by atoms with Crippen molar-refractivity contribution < 1.29 is 14.6 Å². The first kappa shape index (κ1) is 14.6. The molecule has 3 unspecified atom stereocenters. The van der Waals surface area contributed by atoms with Gasteiger partial charge in [-0.05, 0) is 12.0 Å². The van der Waals surface area contributed by atoms with E-state index in [-0.39, 0.29) is 23.6 Å². The van der Waals surface area contributed by atoms with Crippen molar-refractivity contribution in [3.8, 4) is 0 Å². The van der Waals surface area contributed by atoms with Gasteiger partial charge in [-0.3, -0.25) is 4.79 Å². The zero-order chi connectivity index (χ0) is 13.9. The molecule has 104 valence electrons. The summed E-state index contributed by atoms with van der Waals surface area (Å²) < 4.78 is 5.18. The highest BCUT2D eigenvalue weighted by Gasteiger charge is 2.41. The van der Waals surface area contributed by atoms with Crippen molar-refractivity contribution in [1.29, 1.82) is 0 Å². The molecular weight excluding hydrogens is 287 g/mol. The minimum atomic E-state index is -1.48. The van der Waals surface area contributed by atoms with Gasteiger partial charge < -0.3 is 9.84 Å². The average molecular weight is 303 g/mol. The highest BCUT2D eigenvalue weighted by molar-refractivity contribution is 6.30. The predicted octanol–water partition coefficient (Wildman–Crippen LogP) is 2.86. The lowest BCUT2D eigenvalue weighted by Gasteiger charge is -2.36. The molecule has 0 bridgehead atoms. The fourth-order valence-corrected chi connectivity index (χ4v) is 2.75. The van der Waals surface area contributed by atoms with Crippen molar-refractivity contribution in [2.45, 2.75) is 42.2 Å². The fraction of sp³-hybridized carbons (Fsp3) is 0.500. The Morgan fingerprint density at radius 2 is 2.00 bits per heavy atom. The molecule has 5 heteroatoms. The molecule has 1 saturated carbocycles. The Morgan fingerprint density at radius 3 is 2.63 bits per heavy atom. The van der Waals surface area contributed by atoms with Gasteiger partial charge in [0, 0.05) is 12.8 Å². The molecule has 2 rings (SSSR count). The van der Waals surface area contributed by atoms with Crippen molar-refractivity contribution in [3.05, 3.63) is 35.9 Å². The number of carbonyl (C=O) groups is 1. The molecule has 19 heavy (non-hydrogen) atoms. The third-order valence-corrected chi connectivity index (χ3v) is 4.32. The van der Waals surface area contributed by atoms with E-state index in [1.165, 1.54) is 0 Å². The number of rotatable bonds is 3. The summed E-state index contributed by atoms with van der Waals surface area (Å²) in [5.74, 6) is -1.94. The molecule has 1 aliphatic carbocycles. The van der Waals surface area contributed by atoms with Crippen LogP contribution in [0.5, 0.6) is 0 Å². The number of carbonyl (C=O) groups excluding carboxylic acids is 1. The van der Waals surface area contributed by atoms with Gasteiger partial charge in [-0.15, -0.1) is 23.2 Å². The average Bonchev–Trinajstić information content (AvgIpc) is 2.35. The van der Waals surface area contributed by atoms with E-state index in [0.29, 0.717) is 12.8 Å². The largest absolute Gasteiger partial charge is 0.433 e. The van der Waals surface area contributed by atoms with Crippen LogP contribution in [0.2, 0.25) is 0 Å². The van der Waals surface area contributed by atoms with Gasteiger partial charge in [0.25, 0.3) is 0 Å². The predicted molar refractivity (Wildman–Crippen MR) is 74.3 cm³/mol. The monoisotopic (exact) mass is 302 g/mol. The molecule has 3 atom stereocenters. The highest BCUT2D eigenvalue weighted by Crippen LogP contribution is 2.35. The van der Waals surface area contributed by atoms with E-state index >= 15 is 0 Å². The van der Waals surface area contributed by atoms with Crippen molar-refractivity contribution in [2.24, 2.45) is 0 Å². The lowest BCUT2D eigenvalue weighted by Crippen LogP contribution is -2.44. The normalized spacial score (nSPS) is 30.9. The number of ether oxygens (including phenoxy) is 1. The number of esters is 1. The van der Waals surface area contributed by atoms with Gasteiger partial charge in [0.05, 0.1) is 17.2 Å². The van der Waals surface area contributed by atoms with Gasteiger partial charge in [-0.2, -0.15) is 0 Å². The lowest BCUT2D eigenvalue weighted by atomic mass is 9.93. The second-order valence-corrected chi connectivity index (χ2v) is 5.98. The van der Waals surface area contributed by atoms with Crippen LogP contribution in [0.25, 0.3) is 0 Å². The Balaban J connectivity index is 1.91. The van der Waals surface area contributed by atoms with Gasteiger partial charge in [0.15, 0.2) is 0 Å². The van der Waals surface area contributed by atoms with E-state index in [4.69, 9.17) is 27.9 Å². The van der Waals surface area contributed by atoms with Crippen LogP contribution < -0.4 is 0 Å². The zero-order valence-corrected chi connectivity index (χ0v) is 11.9. The van der Waals surface area contributed by atoms with E-state index in [2.05, 4.69) is 0 Å². The first-order chi connectivity index (χ1) is 8.98. The smallest absolute Gasteiger partial charge is 0.312 e. The summed E-state index contributed by atoms with van der Waals surface area (Å²) in [6.07, 6.45) is 1.17. The van der Waals surface area contributed by atoms with E-state index in [1.54, 1.807) is 0 Å². The summed E-state index contributed by atoms with van der Waals surface area (Å²) in [5.41, 5.74) is 0.851. The Morgan fingerprint density at radius 1 is 1.32 bits per heavy atom. The van der Waals surface area contributed by atoms with Crippen molar-refractivity contribution >= 4 is 29.2 Å². The van der Waals surface area contributed by atoms with Crippen LogP contribution in [0.3, 0.4) is 0 Å². The highest BCUT2D eigenvalue weighted by atomic mass is 35.5. The molecule has 3 nitrogen and oxygen atoms in total. The van der Waals surface area contributed by atoms with Gasteiger partial charge in [-0.1, -0.05) is 30.3 Å². The summed E-state index contributed by atoms with van der Waals surface area (Å²) in [4.78, 5) is 11.8. The SMILES string of the molecule is O=C(Cc1ccccc1)OC1(O)CCC(Cl)C(Cl)C1. The molecule has 0 spiro atoms. The fourth-order valence-electron chi connectivity index (χ4n) is 2.18. The van der Waals surface area contributed by atoms with Crippen LogP contribution in [0, 0.1) is 0 Å². The van der Waals surface area contributed by atoms with Crippen molar-refractivity contribution in [1.82, 2.24) is 0 Å². The van der Waals surface area contributed by atoms with E-state index < -0.39 is 11.8 Å². The molecule has 0 aliphatic heterocycles. The van der Waals surface area contributed by atoms with Crippen LogP contribution >= 0.6 is 23.2 Å². The summed E-state index contributed by atoms with van der Waals surface area (Å²) in [6.45, 7) is 0. The number of halogens is 2. The minimum Gasteiger partial charge on any atom is -0.433 e. The van der Waals surface area contributed by atoms with Gasteiger partial charge in [0.1, 0.15) is 0 Å². The number of alkyl halides is 2. The second kappa shape index (κ2) is 6.12. The lowest BCUT2D eigenvalue weighted by molar-refractivity contribution is -0.218. The molecule has 0 saturated heterocycles. The maximum Gasteiger partial charge on any atom is 0.312 e. The first-order valence-electron chi connectivity index (χ1n) is 6.25. The van der Waals surface area contributed by atoms with Crippen LogP contribution in [0.4, 0.5) is 0 Å². The summed E-state index contributed by atoms with van der Waals surface area (Å²) in [6, 6.07) is 9.26. The summed E-state index contributed by atoms with van der Waals surface area (Å²) >= 11 is 12.0. The van der Waals surface area contributed by atoms with Crippen molar-refractivity contribution in [2.75, 3.05) is 0 Å². The molecule has 1 aromatic rings. The quantitative estimate of drug-likeness (QED) is 0.530. The number of aliphatic hydroxyl groups is 1. The molecular formula is C14H16Cl2O3. The Hall–Kier alpha value is -0.770. The van der Waals surface area contributed by atoms with Gasteiger partial charge in [-0.25, -0.2) is 0 Å². The van der Waals surface area contributed by atoms with Gasteiger partial charge in [0.2, 0.25) is 5.79 Å². The van der Waals surface area contributed by atoms with Crippen LogP contribution in [-0.2, 0) is 16.0 Å². The number of hydrogen-bond donors (Lipinski definition) is 1. The molecule has 1 N–H and O–H groups in total. The number of hydrogen-bond acceptors (Lipinski definition) is 3. The van der Waals surface area contributed by atoms with E-state index in [1.807, 2.05) is 30.3 Å². The third-order valence-electron chi connectivity index (χ3n) is 3.21. The minimum absolute atomic E-state index is 0.139. The van der Waals surface area contributed by atoms with E-state index in [9.17, 15) is 9.90 Å². The maximum absolute atomic E-state index is 11.8. The molecule has 1 aliphatic rings.